The highest BCUT2D eigenvalue weighted by Crippen LogP contribution is 2.34. The summed E-state index contributed by atoms with van der Waals surface area (Å²) in [7, 11) is 2.25. The average Bonchev–Trinajstić information content (AvgIpc) is 3.16. The van der Waals surface area contributed by atoms with Gasteiger partial charge in [0.25, 0.3) is 0 Å². The van der Waals surface area contributed by atoms with E-state index in [9.17, 15) is 0 Å². The molecule has 0 radical (unpaired) electrons. The lowest BCUT2D eigenvalue weighted by Crippen LogP contribution is -2.36. The Morgan fingerprint density at radius 1 is 1.10 bits per heavy atom. The van der Waals surface area contributed by atoms with Gasteiger partial charge >= 0.3 is 0 Å². The second-order valence-electron chi connectivity index (χ2n) is 6.84. The zero-order valence-corrected chi connectivity index (χ0v) is 12.8. The predicted octanol–water partition coefficient (Wildman–Crippen LogP) is 3.40. The van der Waals surface area contributed by atoms with Gasteiger partial charge < -0.3 is 9.88 Å². The van der Waals surface area contributed by atoms with Crippen molar-refractivity contribution in [1.29, 1.82) is 0 Å². The Morgan fingerprint density at radius 3 is 2.65 bits per heavy atom. The average molecular weight is 268 g/mol. The number of aromatic nitrogens is 1. The molecule has 1 saturated carbocycles. The molecule has 1 aromatic heterocycles. The minimum atomic E-state index is 0.696. The lowest BCUT2D eigenvalue weighted by atomic mass is 9.90. The summed E-state index contributed by atoms with van der Waals surface area (Å²) in [5, 5.41) is 5.33. The van der Waals surface area contributed by atoms with Crippen LogP contribution >= 0.6 is 0 Å². The van der Waals surface area contributed by atoms with Crippen LogP contribution in [0.2, 0.25) is 0 Å². The van der Waals surface area contributed by atoms with E-state index in [1.54, 1.807) is 11.3 Å². The minimum Gasteiger partial charge on any atom is -0.347 e. The first kappa shape index (κ1) is 12.5. The zero-order chi connectivity index (χ0) is 13.9. The molecule has 2 aliphatic carbocycles. The van der Waals surface area contributed by atoms with E-state index in [-0.39, 0.29) is 0 Å². The Hall–Kier alpha value is -1.28. The molecule has 20 heavy (non-hydrogen) atoms. The predicted molar refractivity (Wildman–Crippen MR) is 84.4 cm³/mol. The van der Waals surface area contributed by atoms with E-state index >= 15 is 0 Å². The Morgan fingerprint density at radius 2 is 1.90 bits per heavy atom. The van der Waals surface area contributed by atoms with Gasteiger partial charge in [-0.15, -0.1) is 0 Å². The molecule has 0 bridgehead atoms. The third kappa shape index (κ3) is 1.89. The summed E-state index contributed by atoms with van der Waals surface area (Å²) in [6.07, 6.45) is 6.51. The molecule has 2 aliphatic rings. The summed E-state index contributed by atoms with van der Waals surface area (Å²) < 4.78 is 2.45. The fourth-order valence-electron chi connectivity index (χ4n) is 4.06. The van der Waals surface area contributed by atoms with E-state index in [2.05, 4.69) is 42.9 Å². The van der Waals surface area contributed by atoms with Gasteiger partial charge in [0.15, 0.2) is 0 Å². The largest absolute Gasteiger partial charge is 0.347 e. The Labute approximate surface area is 121 Å². The Balaban J connectivity index is 1.81. The number of fused-ring (bicyclic) bond motifs is 3. The van der Waals surface area contributed by atoms with Crippen LogP contribution in [0, 0.1) is 13.8 Å². The fraction of sp³-hybridized carbons (Fsp3) is 0.556. The maximum atomic E-state index is 3.83. The second-order valence-corrected chi connectivity index (χ2v) is 6.84. The number of aryl methyl sites for hydroxylation is 3. The summed E-state index contributed by atoms with van der Waals surface area (Å²) in [5.41, 5.74) is 7.44. The Bertz CT molecular complexity index is 677. The first-order valence-corrected chi connectivity index (χ1v) is 7.97. The van der Waals surface area contributed by atoms with Crippen molar-refractivity contribution < 1.29 is 0 Å². The van der Waals surface area contributed by atoms with Crippen LogP contribution in [-0.4, -0.2) is 16.7 Å². The van der Waals surface area contributed by atoms with Gasteiger partial charge in [0.05, 0.1) is 5.52 Å². The van der Waals surface area contributed by atoms with Gasteiger partial charge in [-0.25, -0.2) is 0 Å². The van der Waals surface area contributed by atoms with E-state index in [1.807, 2.05) is 0 Å². The molecule has 1 heterocycles. The summed E-state index contributed by atoms with van der Waals surface area (Å²) in [6, 6.07) is 6.22. The molecule has 1 atom stereocenters. The van der Waals surface area contributed by atoms with Crippen LogP contribution < -0.4 is 5.32 Å². The van der Waals surface area contributed by atoms with Gasteiger partial charge in [0, 0.05) is 30.2 Å². The van der Waals surface area contributed by atoms with Crippen molar-refractivity contribution in [3.63, 3.8) is 0 Å². The fourth-order valence-corrected chi connectivity index (χ4v) is 4.06. The number of nitrogens with zero attached hydrogens (tertiary/aromatic N) is 1. The molecule has 1 N–H and O–H groups in total. The van der Waals surface area contributed by atoms with E-state index < -0.39 is 0 Å². The minimum absolute atomic E-state index is 0.696. The van der Waals surface area contributed by atoms with Crippen LogP contribution in [0.5, 0.6) is 0 Å². The highest BCUT2D eigenvalue weighted by molar-refractivity contribution is 5.89. The smallest absolute Gasteiger partial charge is 0.0512 e. The summed E-state index contributed by atoms with van der Waals surface area (Å²) in [5.74, 6) is 0. The van der Waals surface area contributed by atoms with Gasteiger partial charge in [-0.1, -0.05) is 11.6 Å². The first-order valence-electron chi connectivity index (χ1n) is 7.97. The van der Waals surface area contributed by atoms with Crippen LogP contribution in [0.1, 0.15) is 41.6 Å². The number of hydrogen-bond donors (Lipinski definition) is 1. The third-order valence-electron chi connectivity index (χ3n) is 5.09. The zero-order valence-electron chi connectivity index (χ0n) is 12.8. The van der Waals surface area contributed by atoms with Crippen LogP contribution in [0.4, 0.5) is 0 Å². The quantitative estimate of drug-likeness (QED) is 0.883. The molecule has 0 saturated heterocycles. The molecule has 1 fully saturated rings. The number of rotatable bonds is 2. The van der Waals surface area contributed by atoms with Crippen molar-refractivity contribution in [2.75, 3.05) is 0 Å². The van der Waals surface area contributed by atoms with E-state index in [4.69, 9.17) is 0 Å². The molecule has 2 aromatic rings. The first-order chi connectivity index (χ1) is 9.63. The van der Waals surface area contributed by atoms with Gasteiger partial charge in [0.2, 0.25) is 0 Å². The van der Waals surface area contributed by atoms with Crippen molar-refractivity contribution in [3.05, 3.63) is 34.5 Å². The van der Waals surface area contributed by atoms with Gasteiger partial charge in [-0.3, -0.25) is 0 Å². The molecule has 2 nitrogen and oxygen atoms in total. The molecule has 1 unspecified atom stereocenters. The van der Waals surface area contributed by atoms with Crippen molar-refractivity contribution in [2.45, 2.75) is 58.0 Å². The molecule has 0 amide bonds. The van der Waals surface area contributed by atoms with E-state index in [0.29, 0.717) is 6.04 Å². The molecule has 106 valence electrons. The highest BCUT2D eigenvalue weighted by Gasteiger charge is 2.29. The molecular formula is C18H24N2. The molecule has 4 rings (SSSR count). The summed E-state index contributed by atoms with van der Waals surface area (Å²) in [6.45, 7) is 4.47. The van der Waals surface area contributed by atoms with E-state index in [0.717, 1.165) is 6.04 Å². The summed E-state index contributed by atoms with van der Waals surface area (Å²) >= 11 is 0. The van der Waals surface area contributed by atoms with Crippen LogP contribution in [0.15, 0.2) is 12.1 Å². The lowest BCUT2D eigenvalue weighted by Gasteiger charge is -2.24. The van der Waals surface area contributed by atoms with Gasteiger partial charge in [0.1, 0.15) is 0 Å². The van der Waals surface area contributed by atoms with Crippen molar-refractivity contribution in [3.8, 4) is 0 Å². The lowest BCUT2D eigenvalue weighted by molar-refractivity contribution is 0.450. The maximum absolute atomic E-state index is 3.83. The van der Waals surface area contributed by atoms with Crippen molar-refractivity contribution in [1.82, 2.24) is 9.88 Å². The van der Waals surface area contributed by atoms with Crippen molar-refractivity contribution >= 4 is 10.9 Å². The Kier molecular flexibility index (Phi) is 2.71. The van der Waals surface area contributed by atoms with Crippen molar-refractivity contribution in [2.24, 2.45) is 7.05 Å². The van der Waals surface area contributed by atoms with Gasteiger partial charge in [-0.05, 0) is 63.1 Å². The molecule has 1 aromatic carbocycles. The van der Waals surface area contributed by atoms with Crippen LogP contribution in [0.3, 0.4) is 0 Å². The monoisotopic (exact) mass is 268 g/mol. The molecule has 0 spiro atoms. The molecule has 2 heteroatoms. The number of hydrogen-bond acceptors (Lipinski definition) is 1. The molecular weight excluding hydrogens is 244 g/mol. The normalized spacial score (nSPS) is 22.2. The number of nitrogens with one attached hydrogen (secondary N) is 1. The maximum Gasteiger partial charge on any atom is 0.0512 e. The highest BCUT2D eigenvalue weighted by atomic mass is 15.0. The van der Waals surface area contributed by atoms with Crippen LogP contribution in [0.25, 0.3) is 10.9 Å². The molecule has 0 aliphatic heterocycles. The topological polar surface area (TPSA) is 17.0 Å². The SMILES string of the molecule is Cc1cc(C)c2c(c1)c1c(n2C)CCC(NC2CC2)C1. The summed E-state index contributed by atoms with van der Waals surface area (Å²) in [4.78, 5) is 0. The number of benzene rings is 1. The standard InChI is InChI=1S/C18H24N2/c1-11-8-12(2)18-16(9-11)15-10-14(19-13-4-5-13)6-7-17(15)20(18)3/h8-9,13-14,19H,4-7,10H2,1-3H3. The second kappa shape index (κ2) is 4.36. The van der Waals surface area contributed by atoms with E-state index in [1.165, 1.54) is 54.1 Å². The van der Waals surface area contributed by atoms with Gasteiger partial charge in [-0.2, -0.15) is 0 Å². The van der Waals surface area contributed by atoms with Crippen LogP contribution in [-0.2, 0) is 19.9 Å². The third-order valence-corrected chi connectivity index (χ3v) is 5.09.